The van der Waals surface area contributed by atoms with Crippen molar-refractivity contribution in [2.24, 2.45) is 0 Å². The second kappa shape index (κ2) is 8.09. The molecule has 0 radical (unpaired) electrons. The van der Waals surface area contributed by atoms with E-state index in [0.717, 1.165) is 5.69 Å². The van der Waals surface area contributed by atoms with Gasteiger partial charge in [-0.25, -0.2) is 0 Å². The highest BCUT2D eigenvalue weighted by atomic mass is 32.2. The molecule has 0 spiro atoms. The van der Waals surface area contributed by atoms with Gasteiger partial charge in [0.05, 0.1) is 5.69 Å². The van der Waals surface area contributed by atoms with Gasteiger partial charge in [0.15, 0.2) is 5.82 Å². The van der Waals surface area contributed by atoms with Crippen molar-refractivity contribution in [1.29, 1.82) is 0 Å². The fourth-order valence-electron chi connectivity index (χ4n) is 2.23. The van der Waals surface area contributed by atoms with E-state index < -0.39 is 0 Å². The van der Waals surface area contributed by atoms with Gasteiger partial charge in [0.1, 0.15) is 0 Å². The molecule has 0 saturated carbocycles. The number of aryl methyl sites for hydroxylation is 1. The summed E-state index contributed by atoms with van der Waals surface area (Å²) in [5.41, 5.74) is 1.44. The van der Waals surface area contributed by atoms with Gasteiger partial charge in [0.2, 0.25) is 17.0 Å². The Morgan fingerprint density at radius 1 is 1.38 bits per heavy atom. The van der Waals surface area contributed by atoms with E-state index >= 15 is 0 Å². The van der Waals surface area contributed by atoms with Crippen LogP contribution < -0.4 is 5.32 Å². The van der Waals surface area contributed by atoms with Crippen molar-refractivity contribution in [3.8, 4) is 5.69 Å². The number of carbonyl (C=O) groups is 1. The molecular formula is C16H19N7O2S. The van der Waals surface area contributed by atoms with E-state index in [0.29, 0.717) is 29.0 Å². The predicted octanol–water partition coefficient (Wildman–Crippen LogP) is 2.46. The number of nitrogens with zero attached hydrogens (tertiary/aromatic N) is 6. The van der Waals surface area contributed by atoms with Gasteiger partial charge in [-0.15, -0.1) is 5.10 Å². The Morgan fingerprint density at radius 2 is 2.23 bits per heavy atom. The molecule has 0 aliphatic carbocycles. The van der Waals surface area contributed by atoms with Crippen LogP contribution in [0.2, 0.25) is 0 Å². The minimum absolute atomic E-state index is 0.131. The third-order valence-corrected chi connectivity index (χ3v) is 4.18. The largest absolute Gasteiger partial charge is 0.339 e. The Bertz CT molecular complexity index is 890. The van der Waals surface area contributed by atoms with Gasteiger partial charge in [-0.2, -0.15) is 9.67 Å². The highest BCUT2D eigenvalue weighted by Gasteiger charge is 2.12. The molecule has 0 bridgehead atoms. The van der Waals surface area contributed by atoms with Crippen LogP contribution in [0.15, 0.2) is 33.9 Å². The molecule has 3 aromatic rings. The van der Waals surface area contributed by atoms with Gasteiger partial charge < -0.3 is 9.84 Å². The molecule has 0 aliphatic rings. The zero-order valence-electron chi connectivity index (χ0n) is 14.7. The Balaban J connectivity index is 1.61. The van der Waals surface area contributed by atoms with Crippen LogP contribution in [0.5, 0.6) is 0 Å². The lowest BCUT2D eigenvalue weighted by Gasteiger charge is -2.07. The van der Waals surface area contributed by atoms with Gasteiger partial charge in [0.25, 0.3) is 0 Å². The molecule has 9 nitrogen and oxygen atoms in total. The first kappa shape index (κ1) is 18.1. The first-order chi connectivity index (χ1) is 12.6. The molecule has 1 amide bonds. The second-order valence-corrected chi connectivity index (χ2v) is 6.65. The number of anilines is 1. The number of amides is 1. The van der Waals surface area contributed by atoms with Crippen molar-refractivity contribution in [1.82, 2.24) is 30.3 Å². The number of benzene rings is 1. The molecule has 0 atom stereocenters. The molecule has 3 rings (SSSR count). The second-order valence-electron chi connectivity index (χ2n) is 5.88. The van der Waals surface area contributed by atoms with Crippen LogP contribution in [0.1, 0.15) is 37.9 Å². The standard InChI is InChI=1S/C16H19N7O2S/c1-10(2)15-18-14(25-20-15)8-7-13(24)17-11-5-4-6-12(9-11)23-16(26-3)19-21-22-23/h4-6,9-10H,7-8H2,1-3H3,(H,17,24). The summed E-state index contributed by atoms with van der Waals surface area (Å²) >= 11 is 1.44. The lowest BCUT2D eigenvalue weighted by molar-refractivity contribution is -0.116. The summed E-state index contributed by atoms with van der Waals surface area (Å²) in [6.45, 7) is 3.98. The SMILES string of the molecule is CSc1nnnn1-c1cccc(NC(=O)CCc2nc(C(C)C)no2)c1. The van der Waals surface area contributed by atoms with Gasteiger partial charge in [-0.05, 0) is 34.9 Å². The van der Waals surface area contributed by atoms with Gasteiger partial charge in [0, 0.05) is 24.4 Å². The van der Waals surface area contributed by atoms with Crippen LogP contribution in [-0.4, -0.2) is 42.5 Å². The first-order valence-electron chi connectivity index (χ1n) is 8.12. The number of nitrogens with one attached hydrogen (secondary N) is 1. The molecule has 2 heterocycles. The zero-order valence-corrected chi connectivity index (χ0v) is 15.5. The zero-order chi connectivity index (χ0) is 18.5. The molecule has 0 aliphatic heterocycles. The average molecular weight is 373 g/mol. The minimum Gasteiger partial charge on any atom is -0.339 e. The summed E-state index contributed by atoms with van der Waals surface area (Å²) < 4.78 is 6.77. The molecule has 1 aromatic carbocycles. The molecule has 10 heteroatoms. The lowest BCUT2D eigenvalue weighted by Crippen LogP contribution is -2.13. The van der Waals surface area contributed by atoms with Gasteiger partial charge in [-0.3, -0.25) is 4.79 Å². The Hall–Kier alpha value is -2.75. The van der Waals surface area contributed by atoms with Crippen molar-refractivity contribution < 1.29 is 9.32 Å². The van der Waals surface area contributed by atoms with Crippen LogP contribution in [0.4, 0.5) is 5.69 Å². The monoisotopic (exact) mass is 373 g/mol. The van der Waals surface area contributed by atoms with E-state index in [1.165, 1.54) is 11.8 Å². The number of hydrogen-bond donors (Lipinski definition) is 1. The van der Waals surface area contributed by atoms with E-state index in [1.807, 2.05) is 44.4 Å². The molecule has 136 valence electrons. The highest BCUT2D eigenvalue weighted by Crippen LogP contribution is 2.19. The van der Waals surface area contributed by atoms with E-state index in [1.54, 1.807) is 4.68 Å². The Morgan fingerprint density at radius 3 is 2.96 bits per heavy atom. The maximum atomic E-state index is 12.2. The third-order valence-electron chi connectivity index (χ3n) is 3.56. The van der Waals surface area contributed by atoms with E-state index in [9.17, 15) is 4.79 Å². The summed E-state index contributed by atoms with van der Waals surface area (Å²) in [4.78, 5) is 16.5. The summed E-state index contributed by atoms with van der Waals surface area (Å²) in [6.07, 6.45) is 2.55. The highest BCUT2D eigenvalue weighted by molar-refractivity contribution is 7.98. The Kier molecular flexibility index (Phi) is 5.61. The number of carbonyl (C=O) groups excluding carboxylic acids is 1. The summed E-state index contributed by atoms with van der Waals surface area (Å²) in [5, 5.41) is 19.0. The average Bonchev–Trinajstić information content (AvgIpc) is 3.29. The number of thioether (sulfide) groups is 1. The third kappa shape index (κ3) is 4.26. The molecule has 2 aromatic heterocycles. The molecule has 0 fully saturated rings. The summed E-state index contributed by atoms with van der Waals surface area (Å²) in [7, 11) is 0. The fraction of sp³-hybridized carbons (Fsp3) is 0.375. The summed E-state index contributed by atoms with van der Waals surface area (Å²) in [6, 6.07) is 7.34. The predicted molar refractivity (Wildman–Crippen MR) is 96.3 cm³/mol. The number of tetrazole rings is 1. The van der Waals surface area contributed by atoms with Crippen molar-refractivity contribution in [2.45, 2.75) is 37.8 Å². The molecular weight excluding hydrogens is 354 g/mol. The van der Waals surface area contributed by atoms with Crippen molar-refractivity contribution >= 4 is 23.4 Å². The van der Waals surface area contributed by atoms with Crippen LogP contribution in [0.25, 0.3) is 5.69 Å². The van der Waals surface area contributed by atoms with Crippen molar-refractivity contribution in [3.05, 3.63) is 36.0 Å². The van der Waals surface area contributed by atoms with Crippen LogP contribution in [0.3, 0.4) is 0 Å². The van der Waals surface area contributed by atoms with Crippen LogP contribution in [0, 0.1) is 0 Å². The topological polar surface area (TPSA) is 112 Å². The van der Waals surface area contributed by atoms with Crippen LogP contribution in [-0.2, 0) is 11.2 Å². The normalized spacial score (nSPS) is 11.1. The number of hydrogen-bond acceptors (Lipinski definition) is 8. The quantitative estimate of drug-likeness (QED) is 0.629. The van der Waals surface area contributed by atoms with Crippen molar-refractivity contribution in [2.75, 3.05) is 11.6 Å². The molecule has 0 unspecified atom stereocenters. The maximum absolute atomic E-state index is 12.2. The number of aromatic nitrogens is 6. The lowest BCUT2D eigenvalue weighted by atomic mass is 10.2. The molecule has 0 saturated heterocycles. The van der Waals surface area contributed by atoms with E-state index in [-0.39, 0.29) is 18.2 Å². The first-order valence-corrected chi connectivity index (χ1v) is 9.34. The smallest absolute Gasteiger partial charge is 0.227 e. The number of rotatable bonds is 7. The Labute approximate surface area is 154 Å². The van der Waals surface area contributed by atoms with Crippen molar-refractivity contribution in [3.63, 3.8) is 0 Å². The fourth-order valence-corrected chi connectivity index (χ4v) is 2.66. The minimum atomic E-state index is -0.131. The van der Waals surface area contributed by atoms with E-state index in [2.05, 4.69) is 31.0 Å². The summed E-state index contributed by atoms with van der Waals surface area (Å²) in [5.74, 6) is 1.19. The van der Waals surface area contributed by atoms with E-state index in [4.69, 9.17) is 4.52 Å². The molecule has 1 N–H and O–H groups in total. The molecule has 26 heavy (non-hydrogen) atoms. The van der Waals surface area contributed by atoms with Gasteiger partial charge in [-0.1, -0.05) is 36.8 Å². The maximum Gasteiger partial charge on any atom is 0.227 e. The van der Waals surface area contributed by atoms with Crippen LogP contribution >= 0.6 is 11.8 Å². The van der Waals surface area contributed by atoms with Gasteiger partial charge >= 0.3 is 0 Å².